The number of benzene rings is 2. The highest BCUT2D eigenvalue weighted by atomic mass is 127. The van der Waals surface area contributed by atoms with Crippen molar-refractivity contribution >= 4 is 38.3 Å². The van der Waals surface area contributed by atoms with Gasteiger partial charge in [-0.05, 0) is 40.3 Å². The summed E-state index contributed by atoms with van der Waals surface area (Å²) in [6, 6.07) is 8.68. The van der Waals surface area contributed by atoms with E-state index in [1.165, 1.54) is 37.4 Å². The van der Waals surface area contributed by atoms with Crippen molar-refractivity contribution in [2.24, 2.45) is 5.73 Å². The van der Waals surface area contributed by atoms with Gasteiger partial charge in [-0.1, -0.05) is 24.3 Å². The third-order valence-corrected chi connectivity index (χ3v) is 6.59. The molecule has 25 heavy (non-hydrogen) atoms. The molecule has 0 aliphatic rings. The molecule has 0 aromatic heterocycles. The maximum atomic E-state index is 13.6. The van der Waals surface area contributed by atoms with Gasteiger partial charge in [-0.15, -0.1) is 0 Å². The summed E-state index contributed by atoms with van der Waals surface area (Å²) in [6.07, 6.45) is 0. The highest BCUT2D eigenvalue weighted by Crippen LogP contribution is 2.27. The average molecular weight is 479 g/mol. The molecule has 0 radical (unpaired) electrons. The molecule has 2 aromatic rings. The van der Waals surface area contributed by atoms with Gasteiger partial charge in [0.25, 0.3) is 5.69 Å². The lowest BCUT2D eigenvalue weighted by atomic mass is 10.1. The zero-order chi connectivity index (χ0) is 18.8. The Labute approximate surface area is 158 Å². The molecule has 134 valence electrons. The molecule has 1 atom stereocenters. The summed E-state index contributed by atoms with van der Waals surface area (Å²) in [5, 5.41) is 11.1. The number of hydrogen-bond donors (Lipinski definition) is 1. The van der Waals surface area contributed by atoms with Gasteiger partial charge in [0.15, 0.2) is 4.90 Å². The lowest BCUT2D eigenvalue weighted by Crippen LogP contribution is -2.34. The van der Waals surface area contributed by atoms with Gasteiger partial charge in [0.1, 0.15) is 5.82 Å². The highest BCUT2D eigenvalue weighted by Gasteiger charge is 2.30. The summed E-state index contributed by atoms with van der Waals surface area (Å²) in [6.45, 7) is -0.159. The van der Waals surface area contributed by atoms with Crippen molar-refractivity contribution in [3.63, 3.8) is 0 Å². The smallest absolute Gasteiger partial charge is 0.289 e. The Hall–Kier alpha value is -1.63. The number of likely N-dealkylation sites (N-methyl/N-ethyl adjacent to an activating group) is 1. The lowest BCUT2D eigenvalue weighted by molar-refractivity contribution is -0.387. The summed E-state index contributed by atoms with van der Waals surface area (Å²) >= 11 is 1.80. The van der Waals surface area contributed by atoms with Crippen LogP contribution in [0.2, 0.25) is 0 Å². The molecule has 10 heteroatoms. The SMILES string of the molecule is CN(C[C@@H](N)c1cccc(F)c1I)S(=O)(=O)c1ccccc1[N+](=O)[O-]. The van der Waals surface area contributed by atoms with E-state index in [4.69, 9.17) is 5.73 Å². The van der Waals surface area contributed by atoms with Crippen molar-refractivity contribution in [2.45, 2.75) is 10.9 Å². The first-order valence-electron chi connectivity index (χ1n) is 7.05. The largest absolute Gasteiger partial charge is 0.323 e. The molecule has 0 unspecified atom stereocenters. The van der Waals surface area contributed by atoms with Crippen LogP contribution in [0.15, 0.2) is 47.4 Å². The monoisotopic (exact) mass is 479 g/mol. The van der Waals surface area contributed by atoms with Crippen molar-refractivity contribution in [3.05, 3.63) is 67.5 Å². The fourth-order valence-corrected chi connectivity index (χ4v) is 4.38. The van der Waals surface area contributed by atoms with Crippen molar-refractivity contribution < 1.29 is 17.7 Å². The number of para-hydroxylation sites is 1. The first-order chi connectivity index (χ1) is 11.7. The summed E-state index contributed by atoms with van der Waals surface area (Å²) < 4.78 is 40.2. The third kappa shape index (κ3) is 4.14. The minimum atomic E-state index is -4.13. The van der Waals surface area contributed by atoms with Gasteiger partial charge in [-0.25, -0.2) is 12.8 Å². The average Bonchev–Trinajstić information content (AvgIpc) is 2.57. The number of nitro groups is 1. The van der Waals surface area contributed by atoms with Gasteiger partial charge in [-0.2, -0.15) is 4.31 Å². The summed E-state index contributed by atoms with van der Waals surface area (Å²) in [5.74, 6) is -0.447. The number of sulfonamides is 1. The Morgan fingerprint density at radius 1 is 1.28 bits per heavy atom. The zero-order valence-electron chi connectivity index (χ0n) is 13.1. The number of nitrogens with two attached hydrogens (primary N) is 1. The maximum absolute atomic E-state index is 13.6. The Morgan fingerprint density at radius 2 is 1.92 bits per heavy atom. The Kier molecular flexibility index (Phi) is 6.08. The summed E-state index contributed by atoms with van der Waals surface area (Å²) in [7, 11) is -2.85. The van der Waals surface area contributed by atoms with Crippen LogP contribution in [-0.4, -0.2) is 31.2 Å². The van der Waals surface area contributed by atoms with E-state index in [0.717, 1.165) is 10.4 Å². The standard InChI is InChI=1S/C15H15FIN3O4S/c1-19(9-12(18)10-5-4-6-11(16)15(10)17)25(23,24)14-8-3-2-7-13(14)20(21)22/h2-8,12H,9,18H2,1H3/t12-/m1/s1. The van der Waals surface area contributed by atoms with Crippen molar-refractivity contribution in [2.75, 3.05) is 13.6 Å². The quantitative estimate of drug-likeness (QED) is 0.390. The van der Waals surface area contributed by atoms with Crippen molar-refractivity contribution in [1.82, 2.24) is 4.31 Å². The molecule has 0 heterocycles. The van der Waals surface area contributed by atoms with Crippen LogP contribution in [0.1, 0.15) is 11.6 Å². The van der Waals surface area contributed by atoms with Crippen LogP contribution < -0.4 is 5.73 Å². The van der Waals surface area contributed by atoms with Gasteiger partial charge in [-0.3, -0.25) is 10.1 Å². The molecule has 0 spiro atoms. The van der Waals surface area contributed by atoms with Crippen LogP contribution in [0.25, 0.3) is 0 Å². The Bertz CT molecular complexity index is 907. The van der Waals surface area contributed by atoms with E-state index in [9.17, 15) is 22.9 Å². The van der Waals surface area contributed by atoms with Crippen LogP contribution in [-0.2, 0) is 10.0 Å². The molecule has 0 amide bonds. The van der Waals surface area contributed by atoms with Gasteiger partial charge >= 0.3 is 0 Å². The van der Waals surface area contributed by atoms with Crippen LogP contribution in [0.5, 0.6) is 0 Å². The van der Waals surface area contributed by atoms with Gasteiger partial charge in [0, 0.05) is 25.7 Å². The van der Waals surface area contributed by atoms with E-state index in [1.807, 2.05) is 0 Å². The molecule has 7 nitrogen and oxygen atoms in total. The van der Waals surface area contributed by atoms with E-state index >= 15 is 0 Å². The first kappa shape index (κ1) is 19.7. The molecule has 0 saturated carbocycles. The van der Waals surface area contributed by atoms with E-state index in [0.29, 0.717) is 9.13 Å². The summed E-state index contributed by atoms with van der Waals surface area (Å²) in [5.41, 5.74) is 5.98. The fourth-order valence-electron chi connectivity index (χ4n) is 2.27. The van der Waals surface area contributed by atoms with Crippen LogP contribution in [0.4, 0.5) is 10.1 Å². The molecule has 0 aliphatic heterocycles. The van der Waals surface area contributed by atoms with Crippen LogP contribution >= 0.6 is 22.6 Å². The predicted octanol–water partition coefficient (Wildman–Crippen LogP) is 2.66. The number of rotatable bonds is 6. The molecule has 0 aliphatic carbocycles. The molecule has 0 fully saturated rings. The molecule has 0 saturated heterocycles. The predicted molar refractivity (Wildman–Crippen MR) is 99.0 cm³/mol. The maximum Gasteiger partial charge on any atom is 0.289 e. The second-order valence-corrected chi connectivity index (χ2v) is 8.35. The molecule has 2 aromatic carbocycles. The second kappa shape index (κ2) is 7.72. The topological polar surface area (TPSA) is 107 Å². The van der Waals surface area contributed by atoms with Gasteiger partial charge in [0.05, 0.1) is 8.49 Å². The number of nitro benzene ring substituents is 1. The highest BCUT2D eigenvalue weighted by molar-refractivity contribution is 14.1. The van der Waals surface area contributed by atoms with E-state index in [-0.39, 0.29) is 6.54 Å². The molecule has 2 N–H and O–H groups in total. The van der Waals surface area contributed by atoms with Gasteiger partial charge < -0.3 is 5.73 Å². The zero-order valence-corrected chi connectivity index (χ0v) is 16.1. The van der Waals surface area contributed by atoms with Crippen molar-refractivity contribution in [1.29, 1.82) is 0 Å². The van der Waals surface area contributed by atoms with Crippen LogP contribution in [0.3, 0.4) is 0 Å². The van der Waals surface area contributed by atoms with E-state index < -0.39 is 37.4 Å². The minimum absolute atomic E-state index is 0.159. The number of hydrogen-bond acceptors (Lipinski definition) is 5. The molecule has 2 rings (SSSR count). The minimum Gasteiger partial charge on any atom is -0.323 e. The second-order valence-electron chi connectivity index (χ2n) is 5.26. The van der Waals surface area contributed by atoms with E-state index in [1.54, 1.807) is 28.7 Å². The summed E-state index contributed by atoms with van der Waals surface area (Å²) in [4.78, 5) is 9.90. The van der Waals surface area contributed by atoms with E-state index in [2.05, 4.69) is 0 Å². The lowest BCUT2D eigenvalue weighted by Gasteiger charge is -2.22. The Balaban J connectivity index is 2.32. The molecule has 0 bridgehead atoms. The van der Waals surface area contributed by atoms with Crippen LogP contribution in [0, 0.1) is 19.5 Å². The normalized spacial score (nSPS) is 13.0. The third-order valence-electron chi connectivity index (χ3n) is 3.58. The first-order valence-corrected chi connectivity index (χ1v) is 9.57. The van der Waals surface area contributed by atoms with Crippen molar-refractivity contribution in [3.8, 4) is 0 Å². The molecular weight excluding hydrogens is 464 g/mol. The molecular formula is C15H15FIN3O4S. The van der Waals surface area contributed by atoms with Gasteiger partial charge in [0.2, 0.25) is 10.0 Å². The number of nitrogens with zero attached hydrogens (tertiary/aromatic N) is 2. The number of halogens is 2. The Morgan fingerprint density at radius 3 is 2.56 bits per heavy atom. The fraction of sp³-hybridized carbons (Fsp3) is 0.200.